The summed E-state index contributed by atoms with van der Waals surface area (Å²) in [4.78, 5) is 23.3. The summed E-state index contributed by atoms with van der Waals surface area (Å²) in [6, 6.07) is 6.83. The summed E-state index contributed by atoms with van der Waals surface area (Å²) in [6.45, 7) is 0.168. The molecule has 104 valence electrons. The highest BCUT2D eigenvalue weighted by Gasteiger charge is 2.16. The van der Waals surface area contributed by atoms with Crippen molar-refractivity contribution in [3.05, 3.63) is 63.8 Å². The number of amides is 1. The number of benzene rings is 1. The maximum absolute atomic E-state index is 12.7. The van der Waals surface area contributed by atoms with Gasteiger partial charge in [-0.15, -0.1) is 0 Å². The molecule has 0 spiro atoms. The van der Waals surface area contributed by atoms with Crippen molar-refractivity contribution < 1.29 is 14.3 Å². The van der Waals surface area contributed by atoms with E-state index in [0.717, 1.165) is 0 Å². The molecule has 0 saturated heterocycles. The molecule has 2 rings (SSSR count). The molecule has 1 aromatic carbocycles. The highest BCUT2D eigenvalue weighted by molar-refractivity contribution is 5.94. The molecule has 0 atom stereocenters. The third kappa shape index (κ3) is 2.85. The Morgan fingerprint density at radius 2 is 1.95 bits per heavy atom. The fourth-order valence-electron chi connectivity index (χ4n) is 1.75. The van der Waals surface area contributed by atoms with Crippen LogP contribution in [0, 0.1) is 5.82 Å². The monoisotopic (exact) mass is 276 g/mol. The van der Waals surface area contributed by atoms with E-state index in [2.05, 4.69) is 5.32 Å². The van der Waals surface area contributed by atoms with E-state index in [1.165, 1.54) is 29.0 Å². The predicted molar refractivity (Wildman–Crippen MR) is 70.9 cm³/mol. The summed E-state index contributed by atoms with van der Waals surface area (Å²) >= 11 is 0. The summed E-state index contributed by atoms with van der Waals surface area (Å²) in [5, 5.41) is 12.2. The number of hydrogen-bond acceptors (Lipinski definition) is 3. The normalized spacial score (nSPS) is 10.3. The van der Waals surface area contributed by atoms with Gasteiger partial charge >= 0.3 is 0 Å². The second kappa shape index (κ2) is 5.56. The molecule has 2 N–H and O–H groups in total. The predicted octanol–water partition coefficient (Wildman–Crippen LogP) is 1.16. The Bertz CT molecular complexity index is 693. The van der Waals surface area contributed by atoms with Gasteiger partial charge in [0.25, 0.3) is 5.91 Å². The summed E-state index contributed by atoms with van der Waals surface area (Å²) in [6.07, 6.45) is 1.40. The number of halogens is 1. The lowest BCUT2D eigenvalue weighted by Gasteiger charge is -2.10. The molecule has 0 saturated carbocycles. The van der Waals surface area contributed by atoms with Crippen LogP contribution >= 0.6 is 0 Å². The largest absolute Gasteiger partial charge is 0.503 e. The molecule has 6 heteroatoms. The molecule has 0 radical (unpaired) electrons. The Labute approximate surface area is 114 Å². The number of aromatic nitrogens is 1. The number of pyridine rings is 1. The third-order valence-corrected chi connectivity index (χ3v) is 2.84. The van der Waals surface area contributed by atoms with E-state index in [-0.39, 0.29) is 18.1 Å². The van der Waals surface area contributed by atoms with Crippen LogP contribution in [0.25, 0.3) is 0 Å². The first-order valence-corrected chi connectivity index (χ1v) is 5.90. The molecule has 0 bridgehead atoms. The van der Waals surface area contributed by atoms with Crippen LogP contribution in [0.5, 0.6) is 5.75 Å². The van der Waals surface area contributed by atoms with Gasteiger partial charge in [-0.2, -0.15) is 0 Å². The maximum atomic E-state index is 12.7. The van der Waals surface area contributed by atoms with Gasteiger partial charge in [0.2, 0.25) is 5.43 Å². The zero-order valence-corrected chi connectivity index (χ0v) is 10.8. The Kier molecular flexibility index (Phi) is 3.84. The lowest BCUT2D eigenvalue weighted by Crippen LogP contribution is -2.27. The molecule has 0 unspecified atom stereocenters. The Balaban J connectivity index is 2.15. The first-order chi connectivity index (χ1) is 9.49. The van der Waals surface area contributed by atoms with Crippen LogP contribution in [0.3, 0.4) is 0 Å². The molecular formula is C14H13FN2O3. The molecule has 0 aliphatic carbocycles. The Hall–Kier alpha value is -2.63. The van der Waals surface area contributed by atoms with Crippen molar-refractivity contribution in [3.63, 3.8) is 0 Å². The van der Waals surface area contributed by atoms with Crippen molar-refractivity contribution >= 4 is 5.91 Å². The van der Waals surface area contributed by atoms with Gasteiger partial charge in [-0.05, 0) is 17.7 Å². The minimum absolute atomic E-state index is 0.111. The Morgan fingerprint density at radius 3 is 2.60 bits per heavy atom. The van der Waals surface area contributed by atoms with Crippen LogP contribution in [0.1, 0.15) is 16.1 Å². The fraction of sp³-hybridized carbons (Fsp3) is 0.143. The van der Waals surface area contributed by atoms with E-state index < -0.39 is 17.1 Å². The molecule has 1 aromatic heterocycles. The van der Waals surface area contributed by atoms with E-state index >= 15 is 0 Å². The number of carbonyl (C=O) groups excluding carboxylic acids is 1. The van der Waals surface area contributed by atoms with Crippen molar-refractivity contribution in [3.8, 4) is 5.75 Å². The minimum atomic E-state index is -0.616. The van der Waals surface area contributed by atoms with E-state index in [1.54, 1.807) is 19.2 Å². The van der Waals surface area contributed by atoms with E-state index in [4.69, 9.17) is 0 Å². The molecule has 0 aliphatic heterocycles. The van der Waals surface area contributed by atoms with E-state index in [0.29, 0.717) is 5.56 Å². The summed E-state index contributed by atoms with van der Waals surface area (Å²) in [5.74, 6) is -1.53. The van der Waals surface area contributed by atoms with Crippen LogP contribution in [-0.4, -0.2) is 15.6 Å². The molecule has 1 heterocycles. The number of nitrogens with one attached hydrogen (secondary N) is 1. The quantitative estimate of drug-likeness (QED) is 0.883. The zero-order valence-electron chi connectivity index (χ0n) is 10.8. The van der Waals surface area contributed by atoms with Gasteiger partial charge in [0.1, 0.15) is 5.82 Å². The number of nitrogens with zero attached hydrogens (tertiary/aromatic N) is 1. The van der Waals surface area contributed by atoms with Gasteiger partial charge in [0.05, 0.1) is 0 Å². The fourth-order valence-corrected chi connectivity index (χ4v) is 1.75. The van der Waals surface area contributed by atoms with Gasteiger partial charge < -0.3 is 15.0 Å². The summed E-state index contributed by atoms with van der Waals surface area (Å²) < 4.78 is 14.1. The van der Waals surface area contributed by atoms with Crippen LogP contribution in [-0.2, 0) is 13.6 Å². The highest BCUT2D eigenvalue weighted by atomic mass is 19.1. The number of rotatable bonds is 3. The van der Waals surface area contributed by atoms with Gasteiger partial charge in [-0.3, -0.25) is 9.59 Å². The van der Waals surface area contributed by atoms with Crippen LogP contribution in [0.4, 0.5) is 4.39 Å². The van der Waals surface area contributed by atoms with Crippen molar-refractivity contribution in [1.29, 1.82) is 0 Å². The molecule has 1 amide bonds. The van der Waals surface area contributed by atoms with Gasteiger partial charge in [-0.1, -0.05) is 12.1 Å². The minimum Gasteiger partial charge on any atom is -0.503 e. The van der Waals surface area contributed by atoms with Crippen molar-refractivity contribution in [2.75, 3.05) is 0 Å². The number of aryl methyl sites for hydroxylation is 1. The zero-order chi connectivity index (χ0) is 14.7. The Morgan fingerprint density at radius 1 is 1.30 bits per heavy atom. The van der Waals surface area contributed by atoms with Crippen molar-refractivity contribution in [2.24, 2.45) is 7.05 Å². The average Bonchev–Trinajstić information content (AvgIpc) is 2.43. The van der Waals surface area contributed by atoms with Gasteiger partial charge in [0, 0.05) is 25.9 Å². The molecular weight excluding hydrogens is 263 g/mol. The van der Waals surface area contributed by atoms with Crippen LogP contribution in [0.2, 0.25) is 0 Å². The smallest absolute Gasteiger partial charge is 0.272 e. The molecule has 0 fully saturated rings. The first kappa shape index (κ1) is 13.8. The lowest BCUT2D eigenvalue weighted by atomic mass is 10.2. The molecule has 2 aromatic rings. The van der Waals surface area contributed by atoms with Gasteiger partial charge in [0.15, 0.2) is 11.4 Å². The number of carbonyl (C=O) groups is 1. The van der Waals surface area contributed by atoms with Crippen LogP contribution < -0.4 is 10.7 Å². The second-order valence-electron chi connectivity index (χ2n) is 4.30. The van der Waals surface area contributed by atoms with Crippen LogP contribution in [0.15, 0.2) is 41.3 Å². The van der Waals surface area contributed by atoms with E-state index in [9.17, 15) is 19.1 Å². The first-order valence-electron chi connectivity index (χ1n) is 5.90. The van der Waals surface area contributed by atoms with Crippen molar-refractivity contribution in [1.82, 2.24) is 9.88 Å². The molecule has 0 aliphatic rings. The number of hydrogen-bond donors (Lipinski definition) is 2. The maximum Gasteiger partial charge on any atom is 0.272 e. The van der Waals surface area contributed by atoms with Crippen molar-refractivity contribution in [2.45, 2.75) is 6.54 Å². The third-order valence-electron chi connectivity index (χ3n) is 2.84. The van der Waals surface area contributed by atoms with Gasteiger partial charge in [-0.25, -0.2) is 4.39 Å². The summed E-state index contributed by atoms with van der Waals surface area (Å²) in [7, 11) is 1.55. The SMILES string of the molecule is Cn1ccc(=O)c(O)c1C(=O)NCc1ccc(F)cc1. The standard InChI is InChI=1S/C14H13FN2O3/c1-17-7-6-11(18)13(19)12(17)14(20)16-8-9-2-4-10(15)5-3-9/h2-7,19H,8H2,1H3,(H,16,20). The highest BCUT2D eigenvalue weighted by Crippen LogP contribution is 2.10. The summed E-state index contributed by atoms with van der Waals surface area (Å²) in [5.41, 5.74) is -0.0187. The lowest BCUT2D eigenvalue weighted by molar-refractivity contribution is 0.0938. The number of aromatic hydroxyl groups is 1. The topological polar surface area (TPSA) is 71.3 Å². The molecule has 5 nitrogen and oxygen atoms in total. The van der Waals surface area contributed by atoms with E-state index in [1.807, 2.05) is 0 Å². The molecule has 20 heavy (non-hydrogen) atoms. The second-order valence-corrected chi connectivity index (χ2v) is 4.30. The average molecular weight is 276 g/mol.